The molecule has 3 rings (SSSR count). The normalized spacial score (nSPS) is 11.6. The number of hydrogen-bond acceptors (Lipinski definition) is 3. The van der Waals surface area contributed by atoms with Crippen molar-refractivity contribution < 1.29 is 4.79 Å². The number of hydrogen-bond donors (Lipinski definition) is 2. The summed E-state index contributed by atoms with van der Waals surface area (Å²) in [7, 11) is 0. The molecule has 0 aliphatic heterocycles. The van der Waals surface area contributed by atoms with Crippen LogP contribution in [0.2, 0.25) is 0 Å². The summed E-state index contributed by atoms with van der Waals surface area (Å²) < 4.78 is 0. The molecule has 0 bridgehead atoms. The fourth-order valence-electron chi connectivity index (χ4n) is 2.95. The molecule has 0 fully saturated rings. The van der Waals surface area contributed by atoms with Crippen LogP contribution in [0.15, 0.2) is 79.0 Å². The SMILES string of the molecule is CC(Nc1ccnc(C(=O)NCCCc2ccccc2)c1)c1ccccc1. The van der Waals surface area contributed by atoms with Crippen LogP contribution in [0.5, 0.6) is 0 Å². The van der Waals surface area contributed by atoms with E-state index < -0.39 is 0 Å². The van der Waals surface area contributed by atoms with Gasteiger partial charge < -0.3 is 10.6 Å². The molecule has 4 heteroatoms. The number of nitrogens with one attached hydrogen (secondary N) is 2. The third-order valence-corrected chi connectivity index (χ3v) is 4.45. The molecule has 0 aliphatic rings. The van der Waals surface area contributed by atoms with E-state index in [0.29, 0.717) is 12.2 Å². The number of anilines is 1. The van der Waals surface area contributed by atoms with E-state index in [2.05, 4.69) is 46.8 Å². The van der Waals surface area contributed by atoms with Crippen LogP contribution in [0.3, 0.4) is 0 Å². The molecular formula is C23H25N3O. The monoisotopic (exact) mass is 359 g/mol. The van der Waals surface area contributed by atoms with Gasteiger partial charge in [0.2, 0.25) is 0 Å². The van der Waals surface area contributed by atoms with Crippen LogP contribution in [-0.4, -0.2) is 17.4 Å². The quantitative estimate of drug-likeness (QED) is 0.577. The van der Waals surface area contributed by atoms with Crippen molar-refractivity contribution in [3.8, 4) is 0 Å². The average Bonchev–Trinajstić information content (AvgIpc) is 2.72. The number of carbonyl (C=O) groups excluding carboxylic acids is 1. The molecule has 0 spiro atoms. The summed E-state index contributed by atoms with van der Waals surface area (Å²) in [5.74, 6) is -0.140. The first-order valence-electron chi connectivity index (χ1n) is 9.32. The second-order valence-corrected chi connectivity index (χ2v) is 6.55. The lowest BCUT2D eigenvalue weighted by molar-refractivity contribution is 0.0948. The topological polar surface area (TPSA) is 54.0 Å². The lowest BCUT2D eigenvalue weighted by Gasteiger charge is -2.16. The standard InChI is InChI=1S/C23H25N3O/c1-18(20-12-6-3-7-13-20)26-21-14-16-24-22(17-21)23(27)25-15-8-11-19-9-4-2-5-10-19/h2-7,9-10,12-14,16-18H,8,11,15H2,1H3,(H,24,26)(H,25,27). The molecule has 27 heavy (non-hydrogen) atoms. The molecule has 1 aromatic heterocycles. The maximum Gasteiger partial charge on any atom is 0.269 e. The van der Waals surface area contributed by atoms with Gasteiger partial charge in [-0.2, -0.15) is 0 Å². The fourth-order valence-corrected chi connectivity index (χ4v) is 2.95. The zero-order valence-corrected chi connectivity index (χ0v) is 15.6. The molecule has 1 atom stereocenters. The van der Waals surface area contributed by atoms with E-state index in [4.69, 9.17) is 0 Å². The van der Waals surface area contributed by atoms with Gasteiger partial charge in [-0.05, 0) is 43.0 Å². The van der Waals surface area contributed by atoms with E-state index in [-0.39, 0.29) is 11.9 Å². The highest BCUT2D eigenvalue weighted by Crippen LogP contribution is 2.19. The predicted octanol–water partition coefficient (Wildman–Crippen LogP) is 4.62. The van der Waals surface area contributed by atoms with Gasteiger partial charge >= 0.3 is 0 Å². The predicted molar refractivity (Wildman–Crippen MR) is 110 cm³/mol. The smallest absolute Gasteiger partial charge is 0.269 e. The number of rotatable bonds is 8. The van der Waals surface area contributed by atoms with Crippen LogP contribution in [0.4, 0.5) is 5.69 Å². The first-order chi connectivity index (χ1) is 13.2. The number of nitrogens with zero attached hydrogens (tertiary/aromatic N) is 1. The summed E-state index contributed by atoms with van der Waals surface area (Å²) >= 11 is 0. The number of pyridine rings is 1. The van der Waals surface area contributed by atoms with Crippen molar-refractivity contribution in [1.82, 2.24) is 10.3 Å². The Labute approximate surface area is 160 Å². The van der Waals surface area contributed by atoms with E-state index in [9.17, 15) is 4.79 Å². The molecular weight excluding hydrogens is 334 g/mol. The summed E-state index contributed by atoms with van der Waals surface area (Å²) in [6.07, 6.45) is 3.52. The highest BCUT2D eigenvalue weighted by Gasteiger charge is 2.09. The highest BCUT2D eigenvalue weighted by molar-refractivity contribution is 5.93. The third kappa shape index (κ3) is 5.68. The number of aryl methyl sites for hydroxylation is 1. The summed E-state index contributed by atoms with van der Waals surface area (Å²) in [6, 6.07) is 24.3. The van der Waals surface area contributed by atoms with Gasteiger partial charge in [-0.1, -0.05) is 60.7 Å². The Morgan fingerprint density at radius 1 is 1.00 bits per heavy atom. The Kier molecular flexibility index (Phi) is 6.58. The Morgan fingerprint density at radius 3 is 2.44 bits per heavy atom. The molecule has 1 unspecified atom stereocenters. The maximum absolute atomic E-state index is 12.4. The zero-order chi connectivity index (χ0) is 18.9. The van der Waals surface area contributed by atoms with Crippen molar-refractivity contribution in [2.24, 2.45) is 0 Å². The van der Waals surface area contributed by atoms with Crippen LogP contribution in [0.25, 0.3) is 0 Å². The molecule has 4 nitrogen and oxygen atoms in total. The molecule has 1 amide bonds. The first kappa shape index (κ1) is 18.6. The van der Waals surface area contributed by atoms with Crippen molar-refractivity contribution in [3.63, 3.8) is 0 Å². The Hall–Kier alpha value is -3.14. The van der Waals surface area contributed by atoms with Gasteiger partial charge in [-0.15, -0.1) is 0 Å². The minimum absolute atomic E-state index is 0.140. The minimum Gasteiger partial charge on any atom is -0.378 e. The first-order valence-corrected chi connectivity index (χ1v) is 9.32. The van der Waals surface area contributed by atoms with Gasteiger partial charge in [0.1, 0.15) is 5.69 Å². The van der Waals surface area contributed by atoms with Crippen LogP contribution >= 0.6 is 0 Å². The molecule has 2 aromatic carbocycles. The number of aromatic nitrogens is 1. The highest BCUT2D eigenvalue weighted by atomic mass is 16.1. The Morgan fingerprint density at radius 2 is 1.70 bits per heavy atom. The van der Waals surface area contributed by atoms with Crippen LogP contribution in [0, 0.1) is 0 Å². The van der Waals surface area contributed by atoms with E-state index in [0.717, 1.165) is 18.5 Å². The van der Waals surface area contributed by atoms with Crippen LogP contribution < -0.4 is 10.6 Å². The molecule has 0 saturated heterocycles. The molecule has 0 saturated carbocycles. The van der Waals surface area contributed by atoms with Gasteiger partial charge in [0.15, 0.2) is 0 Å². The molecule has 2 N–H and O–H groups in total. The summed E-state index contributed by atoms with van der Waals surface area (Å²) in [5, 5.41) is 6.37. The van der Waals surface area contributed by atoms with Gasteiger partial charge in [-0.3, -0.25) is 9.78 Å². The third-order valence-electron chi connectivity index (χ3n) is 4.45. The largest absolute Gasteiger partial charge is 0.378 e. The Balaban J connectivity index is 1.51. The van der Waals surface area contributed by atoms with Crippen molar-refractivity contribution >= 4 is 11.6 Å². The van der Waals surface area contributed by atoms with Crippen molar-refractivity contribution in [3.05, 3.63) is 95.8 Å². The van der Waals surface area contributed by atoms with Crippen molar-refractivity contribution in [2.45, 2.75) is 25.8 Å². The lowest BCUT2D eigenvalue weighted by Crippen LogP contribution is -2.25. The fraction of sp³-hybridized carbons (Fsp3) is 0.217. The van der Waals surface area contributed by atoms with Gasteiger partial charge in [0.05, 0.1) is 0 Å². The molecule has 138 valence electrons. The van der Waals surface area contributed by atoms with Crippen molar-refractivity contribution in [1.29, 1.82) is 0 Å². The lowest BCUT2D eigenvalue weighted by atomic mass is 10.1. The number of benzene rings is 2. The van der Waals surface area contributed by atoms with Crippen LogP contribution in [0.1, 0.15) is 41.0 Å². The van der Waals surface area contributed by atoms with Gasteiger partial charge in [-0.25, -0.2) is 0 Å². The van der Waals surface area contributed by atoms with E-state index in [1.807, 2.05) is 42.5 Å². The molecule has 0 radical (unpaired) electrons. The maximum atomic E-state index is 12.4. The van der Waals surface area contributed by atoms with Gasteiger partial charge in [0.25, 0.3) is 5.91 Å². The molecule has 3 aromatic rings. The number of carbonyl (C=O) groups is 1. The van der Waals surface area contributed by atoms with Crippen molar-refractivity contribution in [2.75, 3.05) is 11.9 Å². The second-order valence-electron chi connectivity index (χ2n) is 6.55. The Bertz CT molecular complexity index is 850. The average molecular weight is 359 g/mol. The summed E-state index contributed by atoms with van der Waals surface area (Å²) in [6.45, 7) is 2.73. The van der Waals surface area contributed by atoms with E-state index in [1.54, 1.807) is 12.3 Å². The second kappa shape index (κ2) is 9.53. The zero-order valence-electron chi connectivity index (χ0n) is 15.6. The summed E-state index contributed by atoms with van der Waals surface area (Å²) in [4.78, 5) is 16.6. The minimum atomic E-state index is -0.140. The molecule has 0 aliphatic carbocycles. The van der Waals surface area contributed by atoms with Crippen LogP contribution in [-0.2, 0) is 6.42 Å². The molecule has 1 heterocycles. The van der Waals surface area contributed by atoms with Gasteiger partial charge in [0, 0.05) is 24.5 Å². The number of amides is 1. The van der Waals surface area contributed by atoms with E-state index in [1.165, 1.54) is 11.1 Å². The van der Waals surface area contributed by atoms with E-state index >= 15 is 0 Å². The summed E-state index contributed by atoms with van der Waals surface area (Å²) in [5.41, 5.74) is 3.79.